The third-order valence-electron chi connectivity index (χ3n) is 9.53. The van der Waals surface area contributed by atoms with Crippen LogP contribution in [0.15, 0.2) is 137 Å². The molecule has 5 aromatic carbocycles. The quantitative estimate of drug-likeness (QED) is 0.131. The van der Waals surface area contributed by atoms with E-state index in [-0.39, 0.29) is 26.5 Å². The van der Waals surface area contributed by atoms with E-state index in [9.17, 15) is 0 Å². The number of imidazole rings is 1. The van der Waals surface area contributed by atoms with Gasteiger partial charge in [0.15, 0.2) is 0 Å². The fourth-order valence-electron chi connectivity index (χ4n) is 7.09. The summed E-state index contributed by atoms with van der Waals surface area (Å²) in [7, 11) is 0. The molecule has 4 aromatic heterocycles. The number of para-hydroxylation sites is 2. The second kappa shape index (κ2) is 11.7. The molecule has 9 aromatic rings. The van der Waals surface area contributed by atoms with Gasteiger partial charge >= 0.3 is 21.1 Å². The smallest absolute Gasteiger partial charge is 0.503 e. The predicted molar refractivity (Wildman–Crippen MR) is 195 cm³/mol. The normalized spacial score (nSPS) is 13.3. The summed E-state index contributed by atoms with van der Waals surface area (Å²) in [6.07, 6.45) is 3.79. The molecule has 0 saturated heterocycles. The third-order valence-corrected chi connectivity index (χ3v) is 10.7. The van der Waals surface area contributed by atoms with Crippen molar-refractivity contribution in [3.8, 4) is 28.4 Å². The van der Waals surface area contributed by atoms with E-state index in [1.165, 1.54) is 20.9 Å². The molecule has 0 unspecified atom stereocenters. The zero-order chi connectivity index (χ0) is 32.7. The van der Waals surface area contributed by atoms with Gasteiger partial charge in [-0.25, -0.2) is 4.98 Å². The van der Waals surface area contributed by atoms with Gasteiger partial charge in [0, 0.05) is 44.7 Å². The Hall–Kier alpha value is -5.23. The molecule has 1 aliphatic rings. The van der Waals surface area contributed by atoms with Gasteiger partial charge in [0.05, 0.1) is 22.4 Å². The predicted octanol–water partition coefficient (Wildman–Crippen LogP) is 10.2. The summed E-state index contributed by atoms with van der Waals surface area (Å²) < 4.78 is 10.3. The van der Waals surface area contributed by atoms with Crippen LogP contribution in [0.3, 0.4) is 0 Å². The summed E-state index contributed by atoms with van der Waals surface area (Å²) in [4.78, 5) is 12.3. The first-order chi connectivity index (χ1) is 24.0. The molecule has 1 aliphatic heterocycles. The van der Waals surface area contributed by atoms with E-state index >= 15 is 0 Å². The Morgan fingerprint density at radius 2 is 1.56 bits per heavy atom. The van der Waals surface area contributed by atoms with Gasteiger partial charge < -0.3 is 9.14 Å². The summed E-state index contributed by atoms with van der Waals surface area (Å²) in [5.41, 5.74) is 8.93. The number of ether oxygens (including phenoxy) is 1. The van der Waals surface area contributed by atoms with Crippen molar-refractivity contribution in [2.45, 2.75) is 29.1 Å². The zero-order valence-electron chi connectivity index (χ0n) is 27.0. The van der Waals surface area contributed by atoms with Crippen LogP contribution in [0.1, 0.15) is 25.0 Å². The topological polar surface area (TPSA) is 57.2 Å². The van der Waals surface area contributed by atoms with E-state index < -0.39 is 0 Å². The van der Waals surface area contributed by atoms with Crippen molar-refractivity contribution in [1.82, 2.24) is 24.1 Å². The molecule has 0 radical (unpaired) electrons. The van der Waals surface area contributed by atoms with Gasteiger partial charge in [0.1, 0.15) is 5.65 Å². The van der Waals surface area contributed by atoms with Crippen LogP contribution in [0, 0.1) is 12.1 Å². The van der Waals surface area contributed by atoms with Gasteiger partial charge in [0.25, 0.3) is 0 Å². The van der Waals surface area contributed by atoms with Crippen molar-refractivity contribution in [1.29, 1.82) is 0 Å². The van der Waals surface area contributed by atoms with Crippen LogP contribution < -0.4 is 4.74 Å². The first kappa shape index (κ1) is 30.8. The van der Waals surface area contributed by atoms with Crippen molar-refractivity contribution in [3.63, 3.8) is 0 Å². The average molecular weight is 845 g/mol. The van der Waals surface area contributed by atoms with Crippen LogP contribution in [0.25, 0.3) is 55.4 Å². The van der Waals surface area contributed by atoms with E-state index in [0.29, 0.717) is 11.5 Å². The molecule has 8 heteroatoms. The number of pyridine rings is 2. The summed E-state index contributed by atoms with van der Waals surface area (Å²) in [5.74, 6) is 1.15. The minimum absolute atomic E-state index is 0. The number of rotatable bonds is 4. The van der Waals surface area contributed by atoms with Crippen LogP contribution in [-0.2, 0) is 26.5 Å². The molecule has 242 valence electrons. The molecule has 0 saturated carbocycles. The summed E-state index contributed by atoms with van der Waals surface area (Å²) in [6.45, 7) is 4.61. The van der Waals surface area contributed by atoms with Crippen LogP contribution in [0.2, 0.25) is 0 Å². The van der Waals surface area contributed by atoms with E-state index in [1.807, 2.05) is 77.4 Å². The molecule has 0 aliphatic carbocycles. The van der Waals surface area contributed by atoms with Gasteiger partial charge in [0.2, 0.25) is 0 Å². The molecule has 0 fully saturated rings. The maximum Gasteiger partial charge on any atom is 2.00 e. The number of hydrogen-bond donors (Lipinski definition) is 0. The largest absolute Gasteiger partial charge is 2.00 e. The molecule has 10 rings (SSSR count). The third kappa shape index (κ3) is 4.79. The summed E-state index contributed by atoms with van der Waals surface area (Å²) in [6, 6.07) is 46.4. The van der Waals surface area contributed by atoms with Crippen molar-refractivity contribution in [2.24, 2.45) is 0 Å². The Kier molecular flexibility index (Phi) is 7.20. The molecule has 0 amide bonds. The molecule has 0 atom stereocenters. The fourth-order valence-corrected chi connectivity index (χ4v) is 8.47. The number of aromatic nitrogens is 5. The first-order valence-electron chi connectivity index (χ1n) is 16.2. The molecule has 5 heterocycles. The number of benzene rings is 5. The van der Waals surface area contributed by atoms with Gasteiger partial charge in [-0.1, -0.05) is 84.9 Å². The minimum Gasteiger partial charge on any atom is -0.503 e. The molecular formula is C42H27N5OPtS. The Morgan fingerprint density at radius 1 is 0.720 bits per heavy atom. The van der Waals surface area contributed by atoms with Crippen molar-refractivity contribution in [3.05, 3.63) is 151 Å². The van der Waals surface area contributed by atoms with Gasteiger partial charge in [-0.15, -0.1) is 30.3 Å². The second-order valence-corrected chi connectivity index (χ2v) is 13.9. The summed E-state index contributed by atoms with van der Waals surface area (Å²) in [5, 5.41) is 7.89. The first-order valence-corrected chi connectivity index (χ1v) is 17.0. The van der Waals surface area contributed by atoms with Crippen LogP contribution >= 0.6 is 11.8 Å². The Labute approximate surface area is 307 Å². The molecule has 0 spiro atoms. The molecule has 0 N–H and O–H groups in total. The maximum atomic E-state index is 6.38. The fraction of sp³-hybridized carbons (Fsp3) is 0.0714. The minimum atomic E-state index is -0.101. The molecule has 0 bridgehead atoms. The van der Waals surface area contributed by atoms with Gasteiger partial charge in [-0.3, -0.25) is 9.67 Å². The Balaban J connectivity index is 0.00000336. The van der Waals surface area contributed by atoms with Crippen LogP contribution in [0.5, 0.6) is 11.5 Å². The molecule has 6 nitrogen and oxygen atoms in total. The number of fused-ring (bicyclic) bond motifs is 10. The Bertz CT molecular complexity index is 2780. The van der Waals surface area contributed by atoms with Crippen molar-refractivity contribution < 1.29 is 25.8 Å². The second-order valence-electron chi connectivity index (χ2n) is 12.8. The van der Waals surface area contributed by atoms with E-state index in [2.05, 4.69) is 97.1 Å². The van der Waals surface area contributed by atoms with Crippen LogP contribution in [0.4, 0.5) is 0 Å². The molecule has 50 heavy (non-hydrogen) atoms. The van der Waals surface area contributed by atoms with Crippen LogP contribution in [-0.4, -0.2) is 24.1 Å². The average Bonchev–Trinajstić information content (AvgIpc) is 3.78. The van der Waals surface area contributed by atoms with E-state index in [4.69, 9.17) is 19.8 Å². The number of hydrogen-bond acceptors (Lipinski definition) is 5. The summed E-state index contributed by atoms with van der Waals surface area (Å²) >= 11 is 1.84. The Morgan fingerprint density at radius 3 is 2.50 bits per heavy atom. The van der Waals surface area contributed by atoms with Gasteiger partial charge in [-0.2, -0.15) is 11.2 Å². The van der Waals surface area contributed by atoms with Crippen molar-refractivity contribution in [2.75, 3.05) is 0 Å². The maximum absolute atomic E-state index is 6.38. The monoisotopic (exact) mass is 844 g/mol. The molecular weight excluding hydrogens is 818 g/mol. The number of nitrogens with zero attached hydrogens (tertiary/aromatic N) is 5. The SMILES string of the molecule is CC1(C)c2ccccc2Sc2ccc(-c3ccn(-c4[c-]c(Oc5[c-]c6c(cc5)c5cccnc5n5c7ccccc7nc65)ccc4)n3)cc21.[Pt+2]. The van der Waals surface area contributed by atoms with E-state index in [0.717, 1.165) is 55.4 Å². The van der Waals surface area contributed by atoms with E-state index in [1.54, 1.807) is 0 Å². The van der Waals surface area contributed by atoms with Crippen molar-refractivity contribution >= 4 is 50.2 Å². The zero-order valence-corrected chi connectivity index (χ0v) is 30.1. The standard InChI is InChI=1S/C42H27N5OS.Pt/c1-42(2)33-12-3-6-15-38(33)49-39-19-16-26(23-34(39)42)35-20-22-46(45-35)27-9-7-10-28(24-27)48-29-17-18-30-31-11-8-21-43-40(31)47-37-14-5-4-13-36(37)44-41(47)32(30)25-29;/h3-23H,1-2H3;/q-2;+2. The van der Waals surface area contributed by atoms with Gasteiger partial charge in [-0.05, 0) is 64.7 Å².